The van der Waals surface area contributed by atoms with Crippen molar-refractivity contribution in [2.75, 3.05) is 11.9 Å². The van der Waals surface area contributed by atoms with Crippen molar-refractivity contribution in [3.8, 4) is 0 Å². The van der Waals surface area contributed by atoms with Crippen molar-refractivity contribution in [2.24, 2.45) is 0 Å². The average Bonchev–Trinajstić information content (AvgIpc) is 3.29. The van der Waals surface area contributed by atoms with Gasteiger partial charge in [0.25, 0.3) is 0 Å². The van der Waals surface area contributed by atoms with Crippen molar-refractivity contribution < 1.29 is 9.59 Å². The van der Waals surface area contributed by atoms with Crippen LogP contribution in [0.3, 0.4) is 0 Å². The molecule has 1 N–H and O–H groups in total. The van der Waals surface area contributed by atoms with E-state index in [4.69, 9.17) is 0 Å². The van der Waals surface area contributed by atoms with E-state index in [1.807, 2.05) is 54.6 Å². The number of nitrogens with one attached hydrogen (secondary N) is 1. The third-order valence-electron chi connectivity index (χ3n) is 4.60. The Morgan fingerprint density at radius 1 is 1.12 bits per heavy atom. The molecule has 0 spiro atoms. The van der Waals surface area contributed by atoms with Crippen LogP contribution in [0.1, 0.15) is 18.4 Å². The number of thiazole rings is 1. The van der Waals surface area contributed by atoms with Crippen LogP contribution in [-0.2, 0) is 16.0 Å². The molecule has 1 aromatic heterocycles. The Hall–Kier alpha value is -2.73. The van der Waals surface area contributed by atoms with Crippen molar-refractivity contribution in [2.45, 2.75) is 25.3 Å². The molecule has 0 radical (unpaired) electrons. The fraction of sp³-hybridized carbons (Fsp3) is 0.250. The van der Waals surface area contributed by atoms with Crippen molar-refractivity contribution in [3.63, 3.8) is 0 Å². The molecule has 132 valence electrons. The maximum atomic E-state index is 12.7. The second-order valence-electron chi connectivity index (χ2n) is 6.38. The topological polar surface area (TPSA) is 62.3 Å². The molecule has 0 aliphatic carbocycles. The summed E-state index contributed by atoms with van der Waals surface area (Å²) in [5.74, 6) is -0.152. The summed E-state index contributed by atoms with van der Waals surface area (Å²) in [4.78, 5) is 31.5. The summed E-state index contributed by atoms with van der Waals surface area (Å²) in [6.07, 6.45) is 1.86. The number of benzene rings is 2. The number of nitrogens with zero attached hydrogens (tertiary/aromatic N) is 2. The van der Waals surface area contributed by atoms with Crippen LogP contribution in [0.5, 0.6) is 0 Å². The number of carbonyl (C=O) groups is 2. The highest BCUT2D eigenvalue weighted by molar-refractivity contribution is 7.22. The van der Waals surface area contributed by atoms with E-state index in [-0.39, 0.29) is 11.8 Å². The van der Waals surface area contributed by atoms with E-state index in [9.17, 15) is 9.59 Å². The third kappa shape index (κ3) is 3.46. The molecule has 4 rings (SSSR count). The average molecular weight is 365 g/mol. The summed E-state index contributed by atoms with van der Waals surface area (Å²) >= 11 is 1.45. The molecule has 1 aliphatic rings. The van der Waals surface area contributed by atoms with Gasteiger partial charge in [0.2, 0.25) is 11.8 Å². The lowest BCUT2D eigenvalue weighted by Crippen LogP contribution is -2.43. The third-order valence-corrected chi connectivity index (χ3v) is 5.55. The van der Waals surface area contributed by atoms with Gasteiger partial charge in [-0.1, -0.05) is 53.8 Å². The number of hydrogen-bond acceptors (Lipinski definition) is 4. The Morgan fingerprint density at radius 2 is 1.88 bits per heavy atom. The van der Waals surface area contributed by atoms with E-state index in [1.54, 1.807) is 4.90 Å². The monoisotopic (exact) mass is 365 g/mol. The fourth-order valence-corrected chi connectivity index (χ4v) is 4.19. The van der Waals surface area contributed by atoms with E-state index in [2.05, 4.69) is 10.3 Å². The zero-order valence-electron chi connectivity index (χ0n) is 14.2. The van der Waals surface area contributed by atoms with Gasteiger partial charge >= 0.3 is 0 Å². The van der Waals surface area contributed by atoms with Gasteiger partial charge < -0.3 is 10.2 Å². The highest BCUT2D eigenvalue weighted by Gasteiger charge is 2.34. The zero-order valence-corrected chi connectivity index (χ0v) is 15.0. The lowest BCUT2D eigenvalue weighted by Gasteiger charge is -2.23. The number of hydrogen-bond donors (Lipinski definition) is 1. The summed E-state index contributed by atoms with van der Waals surface area (Å²) < 4.78 is 1.03. The minimum Gasteiger partial charge on any atom is -0.330 e. The van der Waals surface area contributed by atoms with E-state index in [1.165, 1.54) is 11.3 Å². The molecular weight excluding hydrogens is 346 g/mol. The van der Waals surface area contributed by atoms with E-state index in [0.717, 1.165) is 22.2 Å². The number of anilines is 1. The first-order valence-corrected chi connectivity index (χ1v) is 9.52. The van der Waals surface area contributed by atoms with Crippen LogP contribution < -0.4 is 5.32 Å². The Kier molecular flexibility index (Phi) is 4.67. The van der Waals surface area contributed by atoms with Crippen molar-refractivity contribution in [1.82, 2.24) is 9.88 Å². The summed E-state index contributed by atoms with van der Waals surface area (Å²) in [5.41, 5.74) is 1.84. The van der Waals surface area contributed by atoms with Crippen LogP contribution in [0.4, 0.5) is 5.13 Å². The molecule has 0 bridgehead atoms. The lowest BCUT2D eigenvalue weighted by molar-refractivity contribution is -0.136. The molecule has 1 atom stereocenters. The summed E-state index contributed by atoms with van der Waals surface area (Å²) in [7, 11) is 0. The number of aromatic nitrogens is 1. The molecule has 1 aliphatic heterocycles. The van der Waals surface area contributed by atoms with Crippen LogP contribution >= 0.6 is 11.3 Å². The van der Waals surface area contributed by atoms with Gasteiger partial charge in [-0.2, -0.15) is 0 Å². The predicted octanol–water partition coefficient (Wildman–Crippen LogP) is 3.47. The van der Waals surface area contributed by atoms with Gasteiger partial charge in [-0.3, -0.25) is 9.59 Å². The predicted molar refractivity (Wildman–Crippen MR) is 103 cm³/mol. The number of carbonyl (C=O) groups excluding carboxylic acids is 2. The Labute approximate surface area is 155 Å². The van der Waals surface area contributed by atoms with E-state index in [0.29, 0.717) is 24.5 Å². The van der Waals surface area contributed by atoms with Gasteiger partial charge in [0.1, 0.15) is 6.04 Å². The second kappa shape index (κ2) is 7.25. The van der Waals surface area contributed by atoms with Gasteiger partial charge in [-0.15, -0.1) is 0 Å². The number of para-hydroxylation sites is 1. The first kappa shape index (κ1) is 16.7. The molecule has 0 saturated carbocycles. The largest absolute Gasteiger partial charge is 0.330 e. The molecule has 2 amide bonds. The minimum atomic E-state index is -0.418. The molecule has 1 saturated heterocycles. The van der Waals surface area contributed by atoms with Gasteiger partial charge in [-0.25, -0.2) is 4.98 Å². The van der Waals surface area contributed by atoms with Crippen LogP contribution in [0.2, 0.25) is 0 Å². The number of fused-ring (bicyclic) bond motifs is 1. The van der Waals surface area contributed by atoms with Gasteiger partial charge in [0.05, 0.1) is 16.6 Å². The molecular formula is C20H19N3O2S. The fourth-order valence-electron chi connectivity index (χ4n) is 3.32. The van der Waals surface area contributed by atoms with Crippen molar-refractivity contribution in [3.05, 3.63) is 60.2 Å². The molecule has 26 heavy (non-hydrogen) atoms. The quantitative estimate of drug-likeness (QED) is 0.770. The summed E-state index contributed by atoms with van der Waals surface area (Å²) in [6.45, 7) is 0.629. The maximum Gasteiger partial charge on any atom is 0.248 e. The van der Waals surface area contributed by atoms with Gasteiger partial charge in [0, 0.05) is 6.54 Å². The smallest absolute Gasteiger partial charge is 0.248 e. The van der Waals surface area contributed by atoms with Crippen molar-refractivity contribution >= 4 is 38.5 Å². The first-order valence-electron chi connectivity index (χ1n) is 8.70. The first-order chi connectivity index (χ1) is 12.7. The molecule has 5 nitrogen and oxygen atoms in total. The van der Waals surface area contributed by atoms with E-state index >= 15 is 0 Å². The molecule has 3 aromatic rings. The second-order valence-corrected chi connectivity index (χ2v) is 7.41. The molecule has 1 fully saturated rings. The molecule has 1 unspecified atom stereocenters. The van der Waals surface area contributed by atoms with Gasteiger partial charge in [0.15, 0.2) is 5.13 Å². The standard InChI is InChI=1S/C20H19N3O2S/c24-18(13-14-7-2-1-3-8-14)23-12-6-10-16(23)19(25)22-20-21-15-9-4-5-11-17(15)26-20/h1-5,7-9,11,16H,6,10,12-13H2,(H,21,22,25). The molecule has 2 heterocycles. The van der Waals surface area contributed by atoms with E-state index < -0.39 is 6.04 Å². The Morgan fingerprint density at radius 3 is 2.69 bits per heavy atom. The number of amides is 2. The summed E-state index contributed by atoms with van der Waals surface area (Å²) in [6, 6.07) is 17.0. The minimum absolute atomic E-state index is 0.00171. The molecule has 2 aromatic carbocycles. The van der Waals surface area contributed by atoms with Crippen LogP contribution in [-0.4, -0.2) is 34.3 Å². The SMILES string of the molecule is O=C(Nc1nc2ccccc2s1)C1CCCN1C(=O)Cc1ccccc1. The highest BCUT2D eigenvalue weighted by atomic mass is 32.1. The van der Waals surface area contributed by atoms with Crippen LogP contribution in [0.15, 0.2) is 54.6 Å². The lowest BCUT2D eigenvalue weighted by atomic mass is 10.1. The number of rotatable bonds is 4. The molecule has 6 heteroatoms. The maximum absolute atomic E-state index is 12.7. The normalized spacial score (nSPS) is 16.8. The van der Waals surface area contributed by atoms with Crippen LogP contribution in [0, 0.1) is 0 Å². The van der Waals surface area contributed by atoms with Gasteiger partial charge in [-0.05, 0) is 30.5 Å². The Bertz CT molecular complexity index is 905. The van der Waals surface area contributed by atoms with Crippen LogP contribution in [0.25, 0.3) is 10.2 Å². The van der Waals surface area contributed by atoms with Crippen molar-refractivity contribution in [1.29, 1.82) is 0 Å². The Balaban J connectivity index is 1.45. The number of likely N-dealkylation sites (tertiary alicyclic amines) is 1. The summed E-state index contributed by atoms with van der Waals surface area (Å²) in [5, 5.41) is 3.48. The zero-order chi connectivity index (χ0) is 17.9. The highest BCUT2D eigenvalue weighted by Crippen LogP contribution is 2.27.